The van der Waals surface area contributed by atoms with Gasteiger partial charge < -0.3 is 24.8 Å². The van der Waals surface area contributed by atoms with Gasteiger partial charge in [-0.3, -0.25) is 0 Å². The summed E-state index contributed by atoms with van der Waals surface area (Å²) in [7, 11) is 0. The monoisotopic (exact) mass is 639 g/mol. The van der Waals surface area contributed by atoms with Crippen LogP contribution in [0.4, 0.5) is 0 Å². The van der Waals surface area contributed by atoms with Crippen LogP contribution in [0.15, 0.2) is 109 Å². The predicted molar refractivity (Wildman–Crippen MR) is 160 cm³/mol. The number of rotatable bonds is 6. The van der Waals surface area contributed by atoms with Crippen LogP contribution in [0.2, 0.25) is 0 Å². The molecule has 0 fully saturated rings. The fraction of sp³-hybridized carbons (Fsp3) is 0.216. The van der Waals surface area contributed by atoms with E-state index in [-0.39, 0.29) is 24.8 Å². The van der Waals surface area contributed by atoms with Crippen LogP contribution >= 0.6 is 0 Å². The van der Waals surface area contributed by atoms with Gasteiger partial charge in [-0.2, -0.15) is 0 Å². The third-order valence-corrected chi connectivity index (χ3v) is 12.3. The molecule has 40 heavy (non-hydrogen) atoms. The summed E-state index contributed by atoms with van der Waals surface area (Å²) in [5.41, 5.74) is 15.1. The Morgan fingerprint density at radius 3 is 1.80 bits per heavy atom. The topological polar surface area (TPSA) is 0 Å². The van der Waals surface area contributed by atoms with Crippen molar-refractivity contribution in [2.45, 2.75) is 49.6 Å². The summed E-state index contributed by atoms with van der Waals surface area (Å²) in [6.07, 6.45) is 7.99. The third kappa shape index (κ3) is 5.59. The van der Waals surface area contributed by atoms with Gasteiger partial charge in [-0.15, -0.1) is 0 Å². The van der Waals surface area contributed by atoms with Crippen LogP contribution in [0.1, 0.15) is 88.5 Å². The van der Waals surface area contributed by atoms with E-state index in [1.54, 1.807) is 19.9 Å². The van der Waals surface area contributed by atoms with Crippen LogP contribution in [0, 0.1) is 0 Å². The molecule has 0 aromatic heterocycles. The largest absolute Gasteiger partial charge is 1.00 e. The number of fused-ring (bicyclic) bond motifs is 3. The Kier molecular flexibility index (Phi) is 10.1. The summed E-state index contributed by atoms with van der Waals surface area (Å²) < 4.78 is 2.07. The van der Waals surface area contributed by atoms with Gasteiger partial charge in [-0.25, -0.2) is 0 Å². The number of allylic oxidation sites excluding steroid dienone is 4. The summed E-state index contributed by atoms with van der Waals surface area (Å²) in [4.78, 5) is 0. The molecule has 0 spiro atoms. The minimum atomic E-state index is -1.16. The molecule has 2 aliphatic carbocycles. The van der Waals surface area contributed by atoms with Gasteiger partial charge in [-0.05, 0) is 0 Å². The maximum Gasteiger partial charge on any atom is -1.00 e. The van der Waals surface area contributed by atoms with E-state index in [1.165, 1.54) is 39.0 Å². The van der Waals surface area contributed by atoms with Crippen molar-refractivity contribution in [3.63, 3.8) is 0 Å². The standard InChI is InChI=1S/C24H25.C13H10.2ClH.Zr/c1-15(2)20-14-21(16(3)4)24-19-12-8-7-11-18(19)13-22(24)23(20)17-9-5-6-10-17;1-3-7-12(8-4-1)11-13-9-5-2-6-10-13;;;/h5-9,11-16H,10H2,1-4H3;1-10H;2*1H;/q;;;;+2/p-2. The molecule has 0 bridgehead atoms. The van der Waals surface area contributed by atoms with Crippen LogP contribution in [-0.2, 0) is 22.8 Å². The maximum absolute atomic E-state index is 2.56. The van der Waals surface area contributed by atoms with E-state index in [0.29, 0.717) is 15.5 Å². The molecule has 0 N–H and O–H groups in total. The molecule has 0 radical (unpaired) electrons. The zero-order valence-electron chi connectivity index (χ0n) is 23.6. The molecule has 0 saturated heterocycles. The second-order valence-corrected chi connectivity index (χ2v) is 14.5. The van der Waals surface area contributed by atoms with Crippen molar-refractivity contribution < 1.29 is 47.6 Å². The van der Waals surface area contributed by atoms with Crippen molar-refractivity contribution in [1.82, 2.24) is 0 Å². The fourth-order valence-electron chi connectivity index (χ4n) is 6.21. The van der Waals surface area contributed by atoms with E-state index in [0.717, 1.165) is 6.42 Å². The molecule has 3 heteroatoms. The molecule has 0 heterocycles. The SMILES string of the molecule is CC(C)c1cc(C(C)C)c2c(c1C1=CC=CC1)[CH]([Zr+2]=[C](c1ccccc1)c1ccccc1)c1ccccc1-2.[Cl-].[Cl-]. The van der Waals surface area contributed by atoms with Gasteiger partial charge in [0, 0.05) is 0 Å². The molecule has 1 atom stereocenters. The average Bonchev–Trinajstić information content (AvgIpc) is 3.59. The van der Waals surface area contributed by atoms with Crippen molar-refractivity contribution in [1.29, 1.82) is 0 Å². The van der Waals surface area contributed by atoms with E-state index in [1.807, 2.05) is 0 Å². The minimum absolute atomic E-state index is 0. The Labute approximate surface area is 263 Å². The van der Waals surface area contributed by atoms with Gasteiger partial charge >= 0.3 is 240 Å². The summed E-state index contributed by atoms with van der Waals surface area (Å²) in [6, 6.07) is 34.2. The first kappa shape index (κ1) is 30.6. The zero-order chi connectivity index (χ0) is 26.2. The van der Waals surface area contributed by atoms with Gasteiger partial charge in [0.1, 0.15) is 0 Å². The van der Waals surface area contributed by atoms with Crippen molar-refractivity contribution in [3.8, 4) is 11.1 Å². The number of halogens is 2. The Hall–Kier alpha value is -2.31. The summed E-state index contributed by atoms with van der Waals surface area (Å²) in [6.45, 7) is 9.50. The van der Waals surface area contributed by atoms with Gasteiger partial charge in [-0.1, -0.05) is 0 Å². The summed E-state index contributed by atoms with van der Waals surface area (Å²) in [5, 5.41) is 0. The van der Waals surface area contributed by atoms with Crippen LogP contribution in [0.25, 0.3) is 16.7 Å². The average molecular weight is 642 g/mol. The molecular formula is C37H35Cl2Zr. The van der Waals surface area contributed by atoms with Gasteiger partial charge in [0.05, 0.1) is 0 Å². The van der Waals surface area contributed by atoms with Crippen molar-refractivity contribution >= 4 is 8.78 Å². The quantitative estimate of drug-likeness (QED) is 0.302. The molecule has 4 aromatic carbocycles. The molecule has 4 aromatic rings. The Bertz CT molecular complexity index is 1540. The van der Waals surface area contributed by atoms with Crippen LogP contribution < -0.4 is 24.8 Å². The van der Waals surface area contributed by atoms with Crippen LogP contribution in [0.3, 0.4) is 0 Å². The van der Waals surface area contributed by atoms with Gasteiger partial charge in [0.15, 0.2) is 0 Å². The first-order chi connectivity index (χ1) is 18.5. The molecule has 0 nitrogen and oxygen atoms in total. The van der Waals surface area contributed by atoms with Crippen LogP contribution in [-0.4, -0.2) is 3.21 Å². The van der Waals surface area contributed by atoms with Gasteiger partial charge in [0.2, 0.25) is 0 Å². The van der Waals surface area contributed by atoms with E-state index in [4.69, 9.17) is 0 Å². The van der Waals surface area contributed by atoms with Crippen molar-refractivity contribution in [2.24, 2.45) is 0 Å². The molecule has 201 valence electrons. The number of hydrogen-bond acceptors (Lipinski definition) is 0. The maximum atomic E-state index is 2.56. The van der Waals surface area contributed by atoms with Crippen molar-refractivity contribution in [2.75, 3.05) is 0 Å². The molecule has 2 aliphatic rings. The molecule has 1 unspecified atom stereocenters. The summed E-state index contributed by atoms with van der Waals surface area (Å²) >= 11 is -1.16. The van der Waals surface area contributed by atoms with Crippen molar-refractivity contribution in [3.05, 3.63) is 148 Å². The Balaban J connectivity index is 0.00000185. The molecular weight excluding hydrogens is 607 g/mol. The molecule has 0 aliphatic heterocycles. The van der Waals surface area contributed by atoms with E-state index < -0.39 is 22.8 Å². The smallest absolute Gasteiger partial charge is 1.00 e. The van der Waals surface area contributed by atoms with E-state index in [2.05, 4.69) is 137 Å². The van der Waals surface area contributed by atoms with E-state index in [9.17, 15) is 0 Å². The third-order valence-electron chi connectivity index (χ3n) is 8.01. The Morgan fingerprint density at radius 1 is 0.700 bits per heavy atom. The molecule has 6 rings (SSSR count). The fourth-order valence-corrected chi connectivity index (χ4v) is 10.6. The predicted octanol–water partition coefficient (Wildman–Crippen LogP) is 3.71. The minimum Gasteiger partial charge on any atom is -1.00 e. The molecule has 0 amide bonds. The zero-order valence-corrected chi connectivity index (χ0v) is 27.6. The van der Waals surface area contributed by atoms with E-state index >= 15 is 0 Å². The first-order valence-electron chi connectivity index (χ1n) is 13.9. The number of benzene rings is 4. The summed E-state index contributed by atoms with van der Waals surface area (Å²) in [5.74, 6) is 0.964. The number of hydrogen-bond donors (Lipinski definition) is 0. The normalized spacial score (nSPS) is 14.7. The Morgan fingerprint density at radius 2 is 1.25 bits per heavy atom. The molecule has 0 saturated carbocycles. The first-order valence-corrected chi connectivity index (χ1v) is 16.6. The van der Waals surface area contributed by atoms with Crippen LogP contribution in [0.5, 0.6) is 0 Å². The second-order valence-electron chi connectivity index (χ2n) is 11.1. The second kappa shape index (κ2) is 13.1. The van der Waals surface area contributed by atoms with Gasteiger partial charge in [0.25, 0.3) is 0 Å².